The number of anilines is 1. The van der Waals surface area contributed by atoms with Gasteiger partial charge in [0.1, 0.15) is 11.6 Å². The van der Waals surface area contributed by atoms with Gasteiger partial charge in [-0.2, -0.15) is 0 Å². The molecule has 0 bridgehead atoms. The summed E-state index contributed by atoms with van der Waals surface area (Å²) >= 11 is 0. The molecule has 1 atom stereocenters. The number of amides is 2. The summed E-state index contributed by atoms with van der Waals surface area (Å²) in [4.78, 5) is 33.3. The monoisotopic (exact) mass is 474 g/mol. The number of para-hydroxylation sites is 3. The first-order valence-corrected chi connectivity index (χ1v) is 11.3. The standard InChI is InChI=1S/C27H27FN4O3/c1-18-10-4-9-15-24(18)32-25(29-22-13-7-5-11-20(22)26(32)33)19(2)31(16-17-35-3)27(34)30-23-14-8-6-12-21(23)28/h4-15,19H,16-17H2,1-3H3,(H,30,34). The Morgan fingerprint density at radius 1 is 1.09 bits per heavy atom. The highest BCUT2D eigenvalue weighted by molar-refractivity contribution is 5.89. The van der Waals surface area contributed by atoms with Gasteiger partial charge in [0.25, 0.3) is 5.56 Å². The first-order chi connectivity index (χ1) is 16.9. The molecule has 0 aliphatic heterocycles. The molecule has 1 N–H and O–H groups in total. The molecule has 7 nitrogen and oxygen atoms in total. The molecule has 35 heavy (non-hydrogen) atoms. The van der Waals surface area contributed by atoms with E-state index in [0.29, 0.717) is 22.4 Å². The van der Waals surface area contributed by atoms with Crippen LogP contribution in [0, 0.1) is 12.7 Å². The second kappa shape index (κ2) is 10.5. The van der Waals surface area contributed by atoms with Gasteiger partial charge >= 0.3 is 6.03 Å². The van der Waals surface area contributed by atoms with Crippen LogP contribution in [0.15, 0.2) is 77.6 Å². The highest BCUT2D eigenvalue weighted by Gasteiger charge is 2.27. The lowest BCUT2D eigenvalue weighted by molar-refractivity contribution is 0.137. The Labute approximate surface area is 202 Å². The lowest BCUT2D eigenvalue weighted by atomic mass is 10.1. The number of benzene rings is 3. The summed E-state index contributed by atoms with van der Waals surface area (Å²) in [6.07, 6.45) is 0. The minimum Gasteiger partial charge on any atom is -0.383 e. The largest absolute Gasteiger partial charge is 0.383 e. The number of hydrogen-bond donors (Lipinski definition) is 1. The maximum atomic E-state index is 14.2. The summed E-state index contributed by atoms with van der Waals surface area (Å²) in [6.45, 7) is 4.16. The molecule has 0 fully saturated rings. The summed E-state index contributed by atoms with van der Waals surface area (Å²) in [5.41, 5.74) is 1.94. The van der Waals surface area contributed by atoms with Crippen LogP contribution >= 0.6 is 0 Å². The van der Waals surface area contributed by atoms with E-state index in [1.165, 1.54) is 24.1 Å². The van der Waals surface area contributed by atoms with Gasteiger partial charge in [-0.25, -0.2) is 14.2 Å². The number of halogens is 1. The predicted octanol–water partition coefficient (Wildman–Crippen LogP) is 5.07. The Morgan fingerprint density at radius 3 is 2.51 bits per heavy atom. The number of fused-ring (bicyclic) bond motifs is 1. The zero-order valence-electron chi connectivity index (χ0n) is 19.9. The fraction of sp³-hybridized carbons (Fsp3) is 0.222. The molecule has 4 aromatic rings. The van der Waals surface area contributed by atoms with Gasteiger partial charge in [-0.3, -0.25) is 9.36 Å². The van der Waals surface area contributed by atoms with Crippen molar-refractivity contribution in [3.8, 4) is 5.69 Å². The Kier molecular flexibility index (Phi) is 7.22. The number of rotatable bonds is 7. The van der Waals surface area contributed by atoms with Gasteiger partial charge in [0.15, 0.2) is 0 Å². The number of hydrogen-bond acceptors (Lipinski definition) is 4. The first kappa shape index (κ1) is 24.1. The fourth-order valence-corrected chi connectivity index (χ4v) is 4.03. The van der Waals surface area contributed by atoms with Gasteiger partial charge < -0.3 is 15.0 Å². The lowest BCUT2D eigenvalue weighted by Crippen LogP contribution is -2.41. The van der Waals surface area contributed by atoms with Crippen LogP contribution in [0.4, 0.5) is 14.9 Å². The molecule has 0 radical (unpaired) electrons. The van der Waals surface area contributed by atoms with Crippen LogP contribution in [0.25, 0.3) is 16.6 Å². The number of methoxy groups -OCH3 is 1. The smallest absolute Gasteiger partial charge is 0.322 e. The van der Waals surface area contributed by atoms with Gasteiger partial charge in [-0.15, -0.1) is 0 Å². The minimum atomic E-state index is -0.645. The van der Waals surface area contributed by atoms with Gasteiger partial charge in [0.2, 0.25) is 0 Å². The average Bonchev–Trinajstić information content (AvgIpc) is 2.86. The molecule has 8 heteroatoms. The fourth-order valence-electron chi connectivity index (χ4n) is 4.03. The molecule has 2 amide bonds. The zero-order valence-corrected chi connectivity index (χ0v) is 19.9. The van der Waals surface area contributed by atoms with Crippen LogP contribution in [0.1, 0.15) is 24.4 Å². The minimum absolute atomic E-state index is 0.0647. The number of carbonyl (C=O) groups excluding carboxylic acids is 1. The number of nitrogens with zero attached hydrogens (tertiary/aromatic N) is 3. The molecule has 0 spiro atoms. The number of aromatic nitrogens is 2. The number of nitrogens with one attached hydrogen (secondary N) is 1. The summed E-state index contributed by atoms with van der Waals surface area (Å²) in [6, 6.07) is 19.4. The van der Waals surface area contributed by atoms with Gasteiger partial charge in [0.05, 0.1) is 34.9 Å². The Hall–Kier alpha value is -4.04. The highest BCUT2D eigenvalue weighted by atomic mass is 19.1. The van der Waals surface area contributed by atoms with Crippen molar-refractivity contribution < 1.29 is 13.9 Å². The number of aryl methyl sites for hydroxylation is 1. The van der Waals surface area contributed by atoms with Gasteiger partial charge in [0, 0.05) is 13.7 Å². The van der Waals surface area contributed by atoms with Crippen LogP contribution in [-0.4, -0.2) is 40.7 Å². The number of carbonyl (C=O) groups is 1. The van der Waals surface area contributed by atoms with Gasteiger partial charge in [-0.1, -0.05) is 42.5 Å². The van der Waals surface area contributed by atoms with Crippen molar-refractivity contribution in [2.75, 3.05) is 25.6 Å². The van der Waals surface area contributed by atoms with Crippen LogP contribution < -0.4 is 10.9 Å². The van der Waals surface area contributed by atoms with E-state index < -0.39 is 17.9 Å². The van der Waals surface area contributed by atoms with Crippen LogP contribution in [0.3, 0.4) is 0 Å². The Morgan fingerprint density at radius 2 is 1.77 bits per heavy atom. The van der Waals surface area contributed by atoms with E-state index in [-0.39, 0.29) is 24.4 Å². The molecule has 1 heterocycles. The second-order valence-corrected chi connectivity index (χ2v) is 8.19. The Balaban J connectivity index is 1.85. The summed E-state index contributed by atoms with van der Waals surface area (Å²) in [5.74, 6) is -0.149. The van der Waals surface area contributed by atoms with Crippen molar-refractivity contribution in [3.63, 3.8) is 0 Å². The van der Waals surface area contributed by atoms with Crippen LogP contribution in [-0.2, 0) is 4.74 Å². The third kappa shape index (κ3) is 4.93. The van der Waals surface area contributed by atoms with Crippen molar-refractivity contribution in [2.45, 2.75) is 19.9 Å². The van der Waals surface area contributed by atoms with E-state index in [0.717, 1.165) is 5.56 Å². The molecule has 1 unspecified atom stereocenters. The lowest BCUT2D eigenvalue weighted by Gasteiger charge is -2.30. The molecule has 3 aromatic carbocycles. The highest BCUT2D eigenvalue weighted by Crippen LogP contribution is 2.25. The van der Waals surface area contributed by atoms with Crippen molar-refractivity contribution in [2.24, 2.45) is 0 Å². The number of urea groups is 1. The maximum absolute atomic E-state index is 14.2. The van der Waals surface area contributed by atoms with E-state index in [2.05, 4.69) is 5.32 Å². The SMILES string of the molecule is COCCN(C(=O)Nc1ccccc1F)C(C)c1nc2ccccc2c(=O)n1-c1ccccc1C. The van der Waals surface area contributed by atoms with E-state index in [4.69, 9.17) is 9.72 Å². The van der Waals surface area contributed by atoms with E-state index >= 15 is 0 Å². The number of ether oxygens (including phenoxy) is 1. The normalized spacial score (nSPS) is 11.9. The topological polar surface area (TPSA) is 76.5 Å². The Bertz CT molecular complexity index is 1420. The predicted molar refractivity (Wildman–Crippen MR) is 134 cm³/mol. The molecule has 0 aliphatic rings. The van der Waals surface area contributed by atoms with Crippen LogP contribution in [0.5, 0.6) is 0 Å². The second-order valence-electron chi connectivity index (χ2n) is 8.19. The van der Waals surface area contributed by atoms with E-state index in [1.54, 1.807) is 41.8 Å². The van der Waals surface area contributed by atoms with E-state index in [9.17, 15) is 14.0 Å². The third-order valence-electron chi connectivity index (χ3n) is 5.91. The molecule has 1 aromatic heterocycles. The first-order valence-electron chi connectivity index (χ1n) is 11.3. The maximum Gasteiger partial charge on any atom is 0.322 e. The zero-order chi connectivity index (χ0) is 24.9. The molecular formula is C27H27FN4O3. The van der Waals surface area contributed by atoms with Crippen molar-refractivity contribution in [1.82, 2.24) is 14.5 Å². The van der Waals surface area contributed by atoms with Crippen LogP contribution in [0.2, 0.25) is 0 Å². The molecular weight excluding hydrogens is 447 g/mol. The average molecular weight is 475 g/mol. The third-order valence-corrected chi connectivity index (χ3v) is 5.91. The van der Waals surface area contributed by atoms with Crippen molar-refractivity contribution in [3.05, 3.63) is 100 Å². The summed E-state index contributed by atoms with van der Waals surface area (Å²) < 4.78 is 21.0. The molecule has 4 rings (SSSR count). The molecule has 0 aliphatic carbocycles. The quantitative estimate of drug-likeness (QED) is 0.406. The summed E-state index contributed by atoms with van der Waals surface area (Å²) in [7, 11) is 1.54. The van der Waals surface area contributed by atoms with Gasteiger partial charge in [-0.05, 0) is 49.7 Å². The molecule has 0 saturated heterocycles. The van der Waals surface area contributed by atoms with E-state index in [1.807, 2.05) is 37.3 Å². The molecule has 0 saturated carbocycles. The van der Waals surface area contributed by atoms with Crippen molar-refractivity contribution in [1.29, 1.82) is 0 Å². The van der Waals surface area contributed by atoms with Crippen molar-refractivity contribution >= 4 is 22.6 Å². The summed E-state index contributed by atoms with van der Waals surface area (Å²) in [5, 5.41) is 3.11. The molecule has 180 valence electrons.